The molecule has 5 nitrogen and oxygen atoms in total. The summed E-state index contributed by atoms with van der Waals surface area (Å²) in [6.45, 7) is 0. The predicted molar refractivity (Wildman–Crippen MR) is 105 cm³/mol. The molecule has 0 spiro atoms. The first-order chi connectivity index (χ1) is 14.0. The summed E-state index contributed by atoms with van der Waals surface area (Å²) >= 11 is 0. The minimum absolute atomic E-state index is 0.0707. The number of hydrogen-bond acceptors (Lipinski definition) is 3. The number of aromatic nitrogens is 3. The molecule has 0 aliphatic heterocycles. The van der Waals surface area contributed by atoms with Crippen LogP contribution in [-0.4, -0.2) is 14.1 Å². The molecule has 0 aliphatic rings. The third kappa shape index (κ3) is 3.21. The fourth-order valence-corrected chi connectivity index (χ4v) is 2.99. The molecule has 142 valence electrons. The Labute approximate surface area is 163 Å². The van der Waals surface area contributed by atoms with E-state index in [0.29, 0.717) is 10.1 Å². The number of fused-ring (bicyclic) bond motifs is 1. The van der Waals surface area contributed by atoms with E-state index in [1.165, 1.54) is 25.4 Å². The Kier molecular flexibility index (Phi) is 4.53. The molecule has 0 saturated carbocycles. The van der Waals surface area contributed by atoms with E-state index in [1.54, 1.807) is 24.3 Å². The second-order valence-corrected chi connectivity index (χ2v) is 6.26. The van der Waals surface area contributed by atoms with Gasteiger partial charge in [-0.15, -0.1) is 0 Å². The summed E-state index contributed by atoms with van der Waals surface area (Å²) in [5.41, 5.74) is -1.60. The minimum Gasteiger partial charge on any atom is -0.280 e. The average Bonchev–Trinajstić information content (AvgIpc) is 2.73. The van der Waals surface area contributed by atoms with E-state index in [1.807, 2.05) is 6.07 Å². The Morgan fingerprint density at radius 3 is 2.24 bits per heavy atom. The lowest BCUT2D eigenvalue weighted by molar-refractivity contribution is 0.558. The molecule has 0 bridgehead atoms. The summed E-state index contributed by atoms with van der Waals surface area (Å²) in [6.07, 6.45) is 1.42. The summed E-state index contributed by atoms with van der Waals surface area (Å²) in [7, 11) is 1.38. The van der Waals surface area contributed by atoms with Gasteiger partial charge in [-0.3, -0.25) is 9.36 Å². The molecule has 0 atom stereocenters. The molecule has 2 heterocycles. The highest BCUT2D eigenvalue weighted by Crippen LogP contribution is 2.18. The molecule has 4 aromatic rings. The largest absolute Gasteiger partial charge is 0.337 e. The molecule has 0 amide bonds. The molecule has 2 aromatic carbocycles. The number of nitrogens with zero attached hydrogens (tertiary/aromatic N) is 3. The van der Waals surface area contributed by atoms with Gasteiger partial charge in [0.2, 0.25) is 0 Å². The number of rotatable bonds is 1. The molecule has 7 heteroatoms. The quantitative estimate of drug-likeness (QED) is 0.471. The molecule has 0 fully saturated rings. The molecular weight excluding hydrogens is 376 g/mol. The van der Waals surface area contributed by atoms with Crippen molar-refractivity contribution in [2.75, 3.05) is 0 Å². The van der Waals surface area contributed by atoms with E-state index in [-0.39, 0.29) is 16.6 Å². The summed E-state index contributed by atoms with van der Waals surface area (Å²) in [6, 6.07) is 13.9. The van der Waals surface area contributed by atoms with E-state index < -0.39 is 28.6 Å². The molecule has 0 N–H and O–H groups in total. The molecule has 2 aromatic heterocycles. The summed E-state index contributed by atoms with van der Waals surface area (Å²) in [5.74, 6) is 3.36. The van der Waals surface area contributed by atoms with E-state index in [9.17, 15) is 18.4 Å². The highest BCUT2D eigenvalue weighted by molar-refractivity contribution is 5.73. The maximum atomic E-state index is 14.8. The molecule has 0 unspecified atom stereocenters. The maximum Gasteiger partial charge on any atom is 0.337 e. The van der Waals surface area contributed by atoms with Crippen molar-refractivity contribution in [3.8, 4) is 17.5 Å². The van der Waals surface area contributed by atoms with Crippen LogP contribution in [0.4, 0.5) is 8.78 Å². The monoisotopic (exact) mass is 389 g/mol. The Morgan fingerprint density at radius 1 is 0.897 bits per heavy atom. The molecule has 0 radical (unpaired) electrons. The topological polar surface area (TPSA) is 56.9 Å². The third-order valence-corrected chi connectivity index (χ3v) is 4.38. The van der Waals surface area contributed by atoms with Crippen molar-refractivity contribution < 1.29 is 8.78 Å². The van der Waals surface area contributed by atoms with Gasteiger partial charge < -0.3 is 0 Å². The zero-order valence-corrected chi connectivity index (χ0v) is 15.2. The first-order valence-corrected chi connectivity index (χ1v) is 8.60. The SMILES string of the molecule is Cn1c(=O)n(-c2c(F)cc(C#Cc3ccccc3)cc2F)c(=O)c2cccnc21. The zero-order chi connectivity index (χ0) is 20.5. The highest BCUT2D eigenvalue weighted by atomic mass is 19.1. The number of pyridine rings is 1. The van der Waals surface area contributed by atoms with Gasteiger partial charge in [0.15, 0.2) is 11.6 Å². The first-order valence-electron chi connectivity index (χ1n) is 8.60. The van der Waals surface area contributed by atoms with E-state index in [0.717, 1.165) is 16.7 Å². The van der Waals surface area contributed by atoms with Crippen molar-refractivity contribution in [3.63, 3.8) is 0 Å². The van der Waals surface area contributed by atoms with Gasteiger partial charge in [0.25, 0.3) is 5.56 Å². The zero-order valence-electron chi connectivity index (χ0n) is 15.2. The van der Waals surface area contributed by atoms with Gasteiger partial charge in [-0.05, 0) is 36.4 Å². The van der Waals surface area contributed by atoms with Gasteiger partial charge in [0.1, 0.15) is 11.3 Å². The number of benzene rings is 2. The van der Waals surface area contributed by atoms with Crippen LogP contribution in [-0.2, 0) is 7.05 Å². The van der Waals surface area contributed by atoms with Crippen LogP contribution in [0.5, 0.6) is 0 Å². The summed E-state index contributed by atoms with van der Waals surface area (Å²) in [4.78, 5) is 29.4. The number of halogens is 2. The smallest absolute Gasteiger partial charge is 0.280 e. The predicted octanol–water partition coefficient (Wildman–Crippen LogP) is 2.76. The number of aryl methyl sites for hydroxylation is 1. The van der Waals surface area contributed by atoms with Gasteiger partial charge >= 0.3 is 5.69 Å². The normalized spacial score (nSPS) is 10.6. The van der Waals surface area contributed by atoms with Crippen LogP contribution >= 0.6 is 0 Å². The van der Waals surface area contributed by atoms with E-state index >= 15 is 0 Å². The minimum atomic E-state index is -1.06. The standard InChI is InChI=1S/C22H13F2N3O2/c1-26-20-16(8-5-11-25-20)21(28)27(22(26)29)19-17(23)12-15(13-18(19)24)10-9-14-6-3-2-4-7-14/h2-8,11-13H,1H3. The lowest BCUT2D eigenvalue weighted by Crippen LogP contribution is -2.39. The average molecular weight is 389 g/mol. The molecule has 0 aliphatic carbocycles. The number of hydrogen-bond donors (Lipinski definition) is 0. The Bertz CT molecular complexity index is 1410. The van der Waals surface area contributed by atoms with Crippen LogP contribution in [0.2, 0.25) is 0 Å². The lowest BCUT2D eigenvalue weighted by atomic mass is 10.1. The molecule has 4 rings (SSSR count). The second kappa shape index (κ2) is 7.17. The fraction of sp³-hybridized carbons (Fsp3) is 0.0455. The van der Waals surface area contributed by atoms with Gasteiger partial charge in [-0.2, -0.15) is 0 Å². The fourth-order valence-electron chi connectivity index (χ4n) is 2.99. The Balaban J connectivity index is 1.91. The summed E-state index contributed by atoms with van der Waals surface area (Å²) in [5, 5.41) is 0.0707. The third-order valence-electron chi connectivity index (χ3n) is 4.38. The second-order valence-electron chi connectivity index (χ2n) is 6.26. The van der Waals surface area contributed by atoms with Crippen molar-refractivity contribution in [2.24, 2.45) is 7.05 Å². The molecular formula is C22H13F2N3O2. The Hall–Kier alpha value is -4.05. The van der Waals surface area contributed by atoms with Crippen molar-refractivity contribution in [3.05, 3.63) is 104 Å². The van der Waals surface area contributed by atoms with Crippen molar-refractivity contribution in [2.45, 2.75) is 0 Å². The van der Waals surface area contributed by atoms with Crippen LogP contribution in [0, 0.1) is 23.5 Å². The van der Waals surface area contributed by atoms with Crippen molar-refractivity contribution in [1.82, 2.24) is 14.1 Å². The van der Waals surface area contributed by atoms with E-state index in [2.05, 4.69) is 16.8 Å². The van der Waals surface area contributed by atoms with Crippen LogP contribution < -0.4 is 11.2 Å². The molecule has 0 saturated heterocycles. The van der Waals surface area contributed by atoms with Crippen LogP contribution in [0.25, 0.3) is 16.7 Å². The van der Waals surface area contributed by atoms with E-state index in [4.69, 9.17) is 0 Å². The van der Waals surface area contributed by atoms with Gasteiger partial charge in [-0.1, -0.05) is 30.0 Å². The van der Waals surface area contributed by atoms with Gasteiger partial charge in [-0.25, -0.2) is 23.1 Å². The van der Waals surface area contributed by atoms with Gasteiger partial charge in [0, 0.05) is 24.4 Å². The lowest BCUT2D eigenvalue weighted by Gasteiger charge is -2.11. The van der Waals surface area contributed by atoms with Crippen molar-refractivity contribution in [1.29, 1.82) is 0 Å². The summed E-state index contributed by atoms with van der Waals surface area (Å²) < 4.78 is 31.1. The van der Waals surface area contributed by atoms with Crippen LogP contribution in [0.15, 0.2) is 70.4 Å². The highest BCUT2D eigenvalue weighted by Gasteiger charge is 2.20. The Morgan fingerprint density at radius 2 is 1.55 bits per heavy atom. The van der Waals surface area contributed by atoms with Crippen LogP contribution in [0.1, 0.15) is 11.1 Å². The first kappa shape index (κ1) is 18.3. The van der Waals surface area contributed by atoms with Gasteiger partial charge in [0.05, 0.1) is 5.39 Å². The molecule has 29 heavy (non-hydrogen) atoms. The van der Waals surface area contributed by atoms with Crippen molar-refractivity contribution >= 4 is 11.0 Å². The van der Waals surface area contributed by atoms with Crippen LogP contribution in [0.3, 0.4) is 0 Å². The maximum absolute atomic E-state index is 14.8.